The lowest BCUT2D eigenvalue weighted by molar-refractivity contribution is -0.385. The van der Waals surface area contributed by atoms with Crippen molar-refractivity contribution < 1.29 is 9.66 Å². The summed E-state index contributed by atoms with van der Waals surface area (Å²) in [6, 6.07) is 12.0. The largest absolute Gasteiger partial charge is 0.497 e. The van der Waals surface area contributed by atoms with Crippen LogP contribution in [0.4, 0.5) is 5.69 Å². The van der Waals surface area contributed by atoms with Crippen LogP contribution in [0.25, 0.3) is 0 Å². The summed E-state index contributed by atoms with van der Waals surface area (Å²) in [5.74, 6) is 0.129. The molecule has 0 amide bonds. The van der Waals surface area contributed by atoms with E-state index in [2.05, 4.69) is 11.1 Å². The van der Waals surface area contributed by atoms with Crippen molar-refractivity contribution in [2.24, 2.45) is 0 Å². The molecule has 0 bridgehead atoms. The van der Waals surface area contributed by atoms with Crippen LogP contribution in [0.5, 0.6) is 5.75 Å². The number of aromatic nitrogens is 1. The standard InChI is InChI=1S/C14H11N3O3/c1-20-12-5-2-10(3-6-12)13(8-15)14-7-4-11(9-16-14)17(18)19/h2-7,9,13H,1H3. The molecule has 2 rings (SSSR count). The minimum absolute atomic E-state index is 0.0971. The molecule has 1 aromatic heterocycles. The van der Waals surface area contributed by atoms with E-state index >= 15 is 0 Å². The molecule has 0 fully saturated rings. The maximum Gasteiger partial charge on any atom is 0.287 e. The first-order valence-electron chi connectivity index (χ1n) is 5.79. The molecule has 1 aromatic carbocycles. The Labute approximate surface area is 115 Å². The highest BCUT2D eigenvalue weighted by atomic mass is 16.6. The third-order valence-electron chi connectivity index (χ3n) is 2.86. The van der Waals surface area contributed by atoms with Crippen molar-refractivity contribution >= 4 is 5.69 Å². The normalized spacial score (nSPS) is 11.4. The molecule has 100 valence electrons. The summed E-state index contributed by atoms with van der Waals surface area (Å²) >= 11 is 0. The van der Waals surface area contributed by atoms with Crippen molar-refractivity contribution in [2.75, 3.05) is 7.11 Å². The van der Waals surface area contributed by atoms with Crippen molar-refractivity contribution in [3.05, 3.63) is 64.0 Å². The lowest BCUT2D eigenvalue weighted by Crippen LogP contribution is -2.01. The Kier molecular flexibility index (Phi) is 3.91. The lowest BCUT2D eigenvalue weighted by Gasteiger charge is -2.09. The van der Waals surface area contributed by atoms with Crippen molar-refractivity contribution in [1.82, 2.24) is 4.98 Å². The van der Waals surface area contributed by atoms with Gasteiger partial charge in [0.15, 0.2) is 0 Å². The fourth-order valence-corrected chi connectivity index (χ4v) is 1.78. The van der Waals surface area contributed by atoms with E-state index in [-0.39, 0.29) is 5.69 Å². The van der Waals surface area contributed by atoms with E-state index in [9.17, 15) is 15.4 Å². The molecule has 1 heterocycles. The summed E-state index contributed by atoms with van der Waals surface area (Å²) in [6.07, 6.45) is 1.16. The van der Waals surface area contributed by atoms with Gasteiger partial charge in [0, 0.05) is 6.07 Å². The van der Waals surface area contributed by atoms with Crippen LogP contribution in [-0.4, -0.2) is 17.0 Å². The van der Waals surface area contributed by atoms with E-state index in [1.54, 1.807) is 31.4 Å². The SMILES string of the molecule is COc1ccc(C(C#N)c2ccc([N+](=O)[O-])cn2)cc1. The van der Waals surface area contributed by atoms with E-state index in [1.165, 1.54) is 12.1 Å². The Balaban J connectivity index is 2.31. The third-order valence-corrected chi connectivity index (χ3v) is 2.86. The molecule has 0 saturated carbocycles. The summed E-state index contributed by atoms with van der Waals surface area (Å²) in [6.45, 7) is 0. The summed E-state index contributed by atoms with van der Waals surface area (Å²) in [5.41, 5.74) is 1.14. The van der Waals surface area contributed by atoms with Crippen molar-refractivity contribution in [2.45, 2.75) is 5.92 Å². The molecule has 0 aliphatic heterocycles. The van der Waals surface area contributed by atoms with Gasteiger partial charge >= 0.3 is 0 Å². The molecule has 1 unspecified atom stereocenters. The molecule has 20 heavy (non-hydrogen) atoms. The highest BCUT2D eigenvalue weighted by Crippen LogP contribution is 2.25. The smallest absolute Gasteiger partial charge is 0.287 e. The van der Waals surface area contributed by atoms with Gasteiger partial charge in [0.2, 0.25) is 0 Å². The maximum atomic E-state index is 10.6. The van der Waals surface area contributed by atoms with E-state index in [0.29, 0.717) is 11.4 Å². The molecule has 0 aliphatic rings. The summed E-state index contributed by atoms with van der Waals surface area (Å²) in [7, 11) is 1.56. The predicted molar refractivity (Wildman–Crippen MR) is 71.3 cm³/mol. The average Bonchev–Trinajstić information content (AvgIpc) is 2.49. The third kappa shape index (κ3) is 2.72. The number of nitrogens with zero attached hydrogens (tertiary/aromatic N) is 3. The Morgan fingerprint density at radius 1 is 1.30 bits per heavy atom. The summed E-state index contributed by atoms with van der Waals surface area (Å²) < 4.78 is 5.06. The van der Waals surface area contributed by atoms with Crippen molar-refractivity contribution in [3.63, 3.8) is 0 Å². The second-order valence-corrected chi connectivity index (χ2v) is 4.03. The molecule has 0 spiro atoms. The van der Waals surface area contributed by atoms with Gasteiger partial charge in [-0.2, -0.15) is 5.26 Å². The number of rotatable bonds is 4. The van der Waals surface area contributed by atoms with Crippen LogP contribution in [0.2, 0.25) is 0 Å². The van der Waals surface area contributed by atoms with Gasteiger partial charge < -0.3 is 4.74 Å². The van der Waals surface area contributed by atoms with E-state index < -0.39 is 10.8 Å². The minimum Gasteiger partial charge on any atom is -0.497 e. The molecule has 1 atom stereocenters. The maximum absolute atomic E-state index is 10.6. The van der Waals surface area contributed by atoms with Gasteiger partial charge in [-0.3, -0.25) is 15.1 Å². The Morgan fingerprint density at radius 3 is 2.45 bits per heavy atom. The Morgan fingerprint density at radius 2 is 2.00 bits per heavy atom. The van der Waals surface area contributed by atoms with Gasteiger partial charge in [0.1, 0.15) is 17.9 Å². The van der Waals surface area contributed by atoms with Gasteiger partial charge in [0.05, 0.1) is 23.8 Å². The van der Waals surface area contributed by atoms with Crippen LogP contribution in [-0.2, 0) is 0 Å². The number of nitro groups is 1. The second kappa shape index (κ2) is 5.80. The zero-order chi connectivity index (χ0) is 14.5. The van der Waals surface area contributed by atoms with Crippen molar-refractivity contribution in [3.8, 4) is 11.8 Å². The number of hydrogen-bond donors (Lipinski definition) is 0. The Bertz CT molecular complexity index is 645. The summed E-state index contributed by atoms with van der Waals surface area (Å²) in [5, 5.41) is 19.9. The van der Waals surface area contributed by atoms with Gasteiger partial charge in [-0.1, -0.05) is 12.1 Å². The van der Waals surface area contributed by atoms with Crippen LogP contribution in [0, 0.1) is 21.4 Å². The zero-order valence-electron chi connectivity index (χ0n) is 10.7. The number of pyridine rings is 1. The van der Waals surface area contributed by atoms with Crippen molar-refractivity contribution in [1.29, 1.82) is 5.26 Å². The van der Waals surface area contributed by atoms with E-state index in [4.69, 9.17) is 4.74 Å². The van der Waals surface area contributed by atoms with Crippen LogP contribution < -0.4 is 4.74 Å². The topological polar surface area (TPSA) is 89.0 Å². The van der Waals surface area contributed by atoms with E-state index in [1.807, 2.05) is 0 Å². The average molecular weight is 269 g/mol. The highest BCUT2D eigenvalue weighted by molar-refractivity contribution is 5.39. The second-order valence-electron chi connectivity index (χ2n) is 4.03. The van der Waals surface area contributed by atoms with Gasteiger partial charge in [-0.25, -0.2) is 0 Å². The number of benzene rings is 1. The lowest BCUT2D eigenvalue weighted by atomic mass is 9.96. The first-order valence-corrected chi connectivity index (χ1v) is 5.79. The highest BCUT2D eigenvalue weighted by Gasteiger charge is 2.16. The van der Waals surface area contributed by atoms with Gasteiger partial charge in [0.25, 0.3) is 5.69 Å². The number of nitriles is 1. The van der Waals surface area contributed by atoms with Gasteiger partial charge in [-0.05, 0) is 23.8 Å². The molecule has 0 radical (unpaired) electrons. The number of hydrogen-bond acceptors (Lipinski definition) is 5. The molecule has 2 aromatic rings. The van der Waals surface area contributed by atoms with Crippen LogP contribution in [0.3, 0.4) is 0 Å². The number of ether oxygens (including phenoxy) is 1. The van der Waals surface area contributed by atoms with Crippen LogP contribution in [0.1, 0.15) is 17.2 Å². The molecule has 0 aliphatic carbocycles. The fourth-order valence-electron chi connectivity index (χ4n) is 1.78. The first-order chi connectivity index (χ1) is 9.65. The van der Waals surface area contributed by atoms with E-state index in [0.717, 1.165) is 11.8 Å². The van der Waals surface area contributed by atoms with Gasteiger partial charge in [-0.15, -0.1) is 0 Å². The predicted octanol–water partition coefficient (Wildman–Crippen LogP) is 2.65. The van der Waals surface area contributed by atoms with Crippen LogP contribution in [0.15, 0.2) is 42.6 Å². The number of methoxy groups -OCH3 is 1. The monoisotopic (exact) mass is 269 g/mol. The fraction of sp³-hybridized carbons (Fsp3) is 0.143. The summed E-state index contributed by atoms with van der Waals surface area (Å²) in [4.78, 5) is 14.1. The molecule has 0 N–H and O–H groups in total. The molecular formula is C14H11N3O3. The molecule has 0 saturated heterocycles. The quantitative estimate of drug-likeness (QED) is 0.628. The molecule has 6 nitrogen and oxygen atoms in total. The first kappa shape index (κ1) is 13.5. The van der Waals surface area contributed by atoms with Crippen LogP contribution >= 0.6 is 0 Å². The molecular weight excluding hydrogens is 258 g/mol. The minimum atomic E-state index is -0.568. The molecule has 6 heteroatoms. The zero-order valence-corrected chi connectivity index (χ0v) is 10.7. The Hall–Kier alpha value is -2.94.